The van der Waals surface area contributed by atoms with E-state index in [-0.39, 0.29) is 11.8 Å². The van der Waals surface area contributed by atoms with E-state index >= 15 is 0 Å². The van der Waals surface area contributed by atoms with Crippen LogP contribution in [0.3, 0.4) is 0 Å². The highest BCUT2D eigenvalue weighted by Gasteiger charge is 2.32. The van der Waals surface area contributed by atoms with Gasteiger partial charge in [0.2, 0.25) is 0 Å². The van der Waals surface area contributed by atoms with Crippen LogP contribution in [0.25, 0.3) is 0 Å². The Balaban J connectivity index is 1.95. The van der Waals surface area contributed by atoms with Gasteiger partial charge in [0.05, 0.1) is 6.61 Å². The summed E-state index contributed by atoms with van der Waals surface area (Å²) in [6.45, 7) is 1.69. The second-order valence-electron chi connectivity index (χ2n) is 4.45. The van der Waals surface area contributed by atoms with Crippen molar-refractivity contribution in [1.29, 1.82) is 0 Å². The van der Waals surface area contributed by atoms with Gasteiger partial charge < -0.3 is 14.8 Å². The summed E-state index contributed by atoms with van der Waals surface area (Å²) in [7, 11) is 0. The van der Waals surface area contributed by atoms with Gasteiger partial charge in [-0.15, -0.1) is 13.2 Å². The van der Waals surface area contributed by atoms with E-state index < -0.39 is 6.36 Å². The normalized spacial score (nSPS) is 20.3. The molecule has 1 aromatic rings. The Morgan fingerprint density at radius 1 is 1.32 bits per heavy atom. The van der Waals surface area contributed by atoms with Gasteiger partial charge >= 0.3 is 6.36 Å². The molecule has 1 aliphatic heterocycles. The minimum atomic E-state index is -4.66. The van der Waals surface area contributed by atoms with Crippen molar-refractivity contribution in [2.24, 2.45) is 0 Å². The molecule has 0 amide bonds. The summed E-state index contributed by atoms with van der Waals surface area (Å²) in [6.07, 6.45) is -2.72. The van der Waals surface area contributed by atoms with Gasteiger partial charge in [0, 0.05) is 24.8 Å². The van der Waals surface area contributed by atoms with Crippen LogP contribution in [0.4, 0.5) is 13.2 Å². The fourth-order valence-corrected chi connectivity index (χ4v) is 2.03. The van der Waals surface area contributed by atoms with Gasteiger partial charge in [0.25, 0.3) is 0 Å². The van der Waals surface area contributed by atoms with Crippen LogP contribution < -0.4 is 10.1 Å². The first kappa shape index (κ1) is 14.1. The molecular weight excluding hydrogens is 259 g/mol. The molecule has 0 aliphatic carbocycles. The highest BCUT2D eigenvalue weighted by molar-refractivity contribution is 5.33. The van der Waals surface area contributed by atoms with Crippen LogP contribution in [0, 0.1) is 0 Å². The highest BCUT2D eigenvalue weighted by Crippen LogP contribution is 2.26. The van der Waals surface area contributed by atoms with Crippen molar-refractivity contribution in [2.75, 3.05) is 13.2 Å². The van der Waals surface area contributed by atoms with E-state index in [2.05, 4.69) is 10.1 Å². The average molecular weight is 275 g/mol. The summed E-state index contributed by atoms with van der Waals surface area (Å²) in [5.74, 6) is -0.153. The van der Waals surface area contributed by atoms with E-state index in [4.69, 9.17) is 4.74 Å². The summed E-state index contributed by atoms with van der Waals surface area (Å²) < 4.78 is 46.1. The molecule has 106 valence electrons. The van der Waals surface area contributed by atoms with Gasteiger partial charge in [-0.25, -0.2) is 0 Å². The van der Waals surface area contributed by atoms with Crippen LogP contribution >= 0.6 is 0 Å². The van der Waals surface area contributed by atoms with E-state index in [1.165, 1.54) is 12.1 Å². The lowest BCUT2D eigenvalue weighted by Gasteiger charge is -2.23. The minimum Gasteiger partial charge on any atom is -0.405 e. The smallest absolute Gasteiger partial charge is 0.405 e. The quantitative estimate of drug-likeness (QED) is 0.916. The molecule has 0 unspecified atom stereocenters. The third-order valence-electron chi connectivity index (χ3n) is 2.94. The van der Waals surface area contributed by atoms with E-state index in [0.29, 0.717) is 18.7 Å². The highest BCUT2D eigenvalue weighted by atomic mass is 19.4. The number of para-hydroxylation sites is 1. The zero-order chi connectivity index (χ0) is 13.7. The topological polar surface area (TPSA) is 30.5 Å². The van der Waals surface area contributed by atoms with Crippen molar-refractivity contribution in [3.05, 3.63) is 29.8 Å². The van der Waals surface area contributed by atoms with Gasteiger partial charge in [0.1, 0.15) is 5.75 Å². The number of hydrogen-bond acceptors (Lipinski definition) is 3. The summed E-state index contributed by atoms with van der Waals surface area (Å²) >= 11 is 0. The number of ether oxygens (including phenoxy) is 2. The van der Waals surface area contributed by atoms with Crippen molar-refractivity contribution in [2.45, 2.75) is 31.8 Å². The predicted molar refractivity (Wildman–Crippen MR) is 63.8 cm³/mol. The zero-order valence-corrected chi connectivity index (χ0v) is 10.4. The maximum absolute atomic E-state index is 12.3. The number of nitrogens with one attached hydrogen (secondary N) is 1. The summed E-state index contributed by atoms with van der Waals surface area (Å²) in [6, 6.07) is 6.35. The molecule has 0 saturated carbocycles. The molecule has 0 radical (unpaired) electrons. The lowest BCUT2D eigenvalue weighted by molar-refractivity contribution is -0.274. The number of alkyl halides is 3. The Bertz CT molecular complexity index is 403. The van der Waals surface area contributed by atoms with Gasteiger partial charge in [-0.1, -0.05) is 18.2 Å². The monoisotopic (exact) mass is 275 g/mol. The van der Waals surface area contributed by atoms with Crippen LogP contribution in [0.1, 0.15) is 18.4 Å². The standard InChI is InChI=1S/C13H16F3NO2/c14-13(15,16)19-12-6-2-1-4-10(12)8-17-11-5-3-7-18-9-11/h1-2,4,6,11,17H,3,5,7-9H2/t11-/m1/s1. The Hall–Kier alpha value is -1.27. The Labute approximate surface area is 109 Å². The first-order valence-electron chi connectivity index (χ1n) is 6.19. The molecule has 2 rings (SSSR count). The zero-order valence-electron chi connectivity index (χ0n) is 10.4. The first-order valence-corrected chi connectivity index (χ1v) is 6.19. The van der Waals surface area contributed by atoms with E-state index in [1.54, 1.807) is 12.1 Å². The van der Waals surface area contributed by atoms with Gasteiger partial charge in [-0.3, -0.25) is 0 Å². The molecule has 0 bridgehead atoms. The van der Waals surface area contributed by atoms with Crippen LogP contribution in [0.15, 0.2) is 24.3 Å². The van der Waals surface area contributed by atoms with E-state index in [9.17, 15) is 13.2 Å². The minimum absolute atomic E-state index is 0.153. The number of benzene rings is 1. The van der Waals surface area contributed by atoms with Crippen LogP contribution in [0.5, 0.6) is 5.75 Å². The number of rotatable bonds is 4. The lowest BCUT2D eigenvalue weighted by atomic mass is 10.1. The second-order valence-corrected chi connectivity index (χ2v) is 4.45. The van der Waals surface area contributed by atoms with Gasteiger partial charge in [-0.05, 0) is 18.9 Å². The molecule has 1 aromatic carbocycles. The first-order chi connectivity index (χ1) is 9.04. The third-order valence-corrected chi connectivity index (χ3v) is 2.94. The molecule has 0 aromatic heterocycles. The third kappa shape index (κ3) is 4.72. The van der Waals surface area contributed by atoms with Gasteiger partial charge in [-0.2, -0.15) is 0 Å². The summed E-state index contributed by atoms with van der Waals surface area (Å²) in [5.41, 5.74) is 0.491. The average Bonchev–Trinajstić information content (AvgIpc) is 2.37. The van der Waals surface area contributed by atoms with Crippen molar-refractivity contribution < 1.29 is 22.6 Å². The van der Waals surface area contributed by atoms with Crippen molar-refractivity contribution in [3.63, 3.8) is 0 Å². The molecule has 1 N–H and O–H groups in total. The largest absolute Gasteiger partial charge is 0.573 e. The van der Waals surface area contributed by atoms with Crippen molar-refractivity contribution in [3.8, 4) is 5.75 Å². The van der Waals surface area contributed by atoms with Crippen LogP contribution in [0.2, 0.25) is 0 Å². The Morgan fingerprint density at radius 3 is 2.79 bits per heavy atom. The molecule has 1 fully saturated rings. The molecule has 3 nitrogen and oxygen atoms in total. The second kappa shape index (κ2) is 6.25. The number of hydrogen-bond donors (Lipinski definition) is 1. The lowest BCUT2D eigenvalue weighted by Crippen LogP contribution is -2.36. The number of halogens is 3. The predicted octanol–water partition coefficient (Wildman–Crippen LogP) is 2.85. The molecule has 1 aliphatic rings. The van der Waals surface area contributed by atoms with Crippen molar-refractivity contribution in [1.82, 2.24) is 5.32 Å². The van der Waals surface area contributed by atoms with E-state index in [0.717, 1.165) is 19.4 Å². The molecular formula is C13H16F3NO2. The maximum Gasteiger partial charge on any atom is 0.573 e. The van der Waals surface area contributed by atoms with Gasteiger partial charge in [0.15, 0.2) is 0 Å². The van der Waals surface area contributed by atoms with E-state index in [1.807, 2.05) is 0 Å². The Kier molecular flexibility index (Phi) is 4.66. The molecule has 1 atom stereocenters. The fraction of sp³-hybridized carbons (Fsp3) is 0.538. The molecule has 6 heteroatoms. The molecule has 19 heavy (non-hydrogen) atoms. The fourth-order valence-electron chi connectivity index (χ4n) is 2.03. The summed E-state index contributed by atoms with van der Waals surface area (Å²) in [5, 5.41) is 3.19. The SMILES string of the molecule is FC(F)(F)Oc1ccccc1CN[C@@H]1CCCOC1. The molecule has 1 saturated heterocycles. The summed E-state index contributed by atoms with van der Waals surface area (Å²) in [4.78, 5) is 0. The molecule has 0 spiro atoms. The Morgan fingerprint density at radius 2 is 2.11 bits per heavy atom. The van der Waals surface area contributed by atoms with Crippen LogP contribution in [-0.4, -0.2) is 25.6 Å². The van der Waals surface area contributed by atoms with Crippen LogP contribution in [-0.2, 0) is 11.3 Å². The van der Waals surface area contributed by atoms with Crippen molar-refractivity contribution >= 4 is 0 Å². The maximum atomic E-state index is 12.3. The molecule has 1 heterocycles.